The summed E-state index contributed by atoms with van der Waals surface area (Å²) in [5, 5.41) is 7.24. The minimum atomic E-state index is 0.599. The highest BCUT2D eigenvalue weighted by Gasteiger charge is 2.07. The van der Waals surface area contributed by atoms with E-state index in [0.717, 1.165) is 22.7 Å². The first-order chi connectivity index (χ1) is 12.3. The number of hydrogen-bond acceptors (Lipinski definition) is 2. The maximum Gasteiger partial charge on any atom is 0.175 e. The van der Waals surface area contributed by atoms with Gasteiger partial charge in [-0.3, -0.25) is 0 Å². The van der Waals surface area contributed by atoms with Gasteiger partial charge in [-0.2, -0.15) is 0 Å². The van der Waals surface area contributed by atoms with Crippen molar-refractivity contribution in [2.45, 2.75) is 23.1 Å². The van der Waals surface area contributed by atoms with E-state index in [1.54, 1.807) is 11.8 Å². The van der Waals surface area contributed by atoms with Crippen LogP contribution in [0.4, 0.5) is 11.4 Å². The van der Waals surface area contributed by atoms with Crippen LogP contribution in [0.5, 0.6) is 0 Å². The molecule has 0 aliphatic heterocycles. The first kappa shape index (κ1) is 17.5. The summed E-state index contributed by atoms with van der Waals surface area (Å²) in [4.78, 5) is 2.34. The molecule has 3 aromatic carbocycles. The van der Waals surface area contributed by atoms with Crippen LogP contribution in [0.2, 0.25) is 0 Å². The lowest BCUT2D eigenvalue weighted by atomic mass is 10.1. The molecular weight excluding hydrogens is 344 g/mol. The van der Waals surface area contributed by atoms with E-state index in [2.05, 4.69) is 47.9 Å². The Hall–Kier alpha value is -2.30. The standard InChI is InChI=1S/C21H20N2S2/c1-2-16-10-6-7-13-18(16)22-21(24)23-19-14-8-9-15-20(19)25-17-11-4-3-5-12-17/h3-15H,2H2,1H3,(H2,22,23,24). The van der Waals surface area contributed by atoms with Crippen LogP contribution in [0.1, 0.15) is 12.5 Å². The molecule has 0 aliphatic carbocycles. The van der Waals surface area contributed by atoms with Crippen molar-refractivity contribution in [1.29, 1.82) is 0 Å². The zero-order chi connectivity index (χ0) is 17.5. The van der Waals surface area contributed by atoms with Gasteiger partial charge in [0.1, 0.15) is 0 Å². The lowest BCUT2D eigenvalue weighted by Gasteiger charge is -2.15. The van der Waals surface area contributed by atoms with Crippen LogP contribution in [-0.4, -0.2) is 5.11 Å². The second kappa shape index (κ2) is 8.70. The Morgan fingerprint density at radius 3 is 2.16 bits per heavy atom. The number of para-hydroxylation sites is 2. The summed E-state index contributed by atoms with van der Waals surface area (Å²) in [6.07, 6.45) is 0.965. The fourth-order valence-electron chi connectivity index (χ4n) is 2.50. The summed E-state index contributed by atoms with van der Waals surface area (Å²) in [6.45, 7) is 2.14. The van der Waals surface area contributed by atoms with E-state index in [0.29, 0.717) is 5.11 Å². The first-order valence-corrected chi connectivity index (χ1v) is 9.46. The van der Waals surface area contributed by atoms with E-state index in [1.807, 2.05) is 48.5 Å². The molecular formula is C21H20N2S2. The Kier molecular flexibility index (Phi) is 6.09. The third-order valence-electron chi connectivity index (χ3n) is 3.75. The normalized spacial score (nSPS) is 10.3. The quantitative estimate of drug-likeness (QED) is 0.526. The van der Waals surface area contributed by atoms with Gasteiger partial charge in [-0.25, -0.2) is 0 Å². The predicted molar refractivity (Wildman–Crippen MR) is 113 cm³/mol. The van der Waals surface area contributed by atoms with Gasteiger partial charge in [0.2, 0.25) is 0 Å². The molecule has 0 aromatic heterocycles. The molecule has 0 saturated carbocycles. The average molecular weight is 365 g/mol. The summed E-state index contributed by atoms with van der Waals surface area (Å²) in [5.74, 6) is 0. The summed E-state index contributed by atoms with van der Waals surface area (Å²) in [5.41, 5.74) is 3.30. The van der Waals surface area contributed by atoms with Gasteiger partial charge in [0, 0.05) is 15.5 Å². The summed E-state index contributed by atoms with van der Waals surface area (Å²) in [7, 11) is 0. The molecule has 0 unspecified atom stereocenters. The molecule has 0 heterocycles. The molecule has 3 rings (SSSR count). The summed E-state index contributed by atoms with van der Waals surface area (Å²) >= 11 is 7.24. The molecule has 2 nitrogen and oxygen atoms in total. The molecule has 0 saturated heterocycles. The van der Waals surface area contributed by atoms with Crippen molar-refractivity contribution in [3.8, 4) is 0 Å². The monoisotopic (exact) mass is 364 g/mol. The molecule has 126 valence electrons. The highest BCUT2D eigenvalue weighted by molar-refractivity contribution is 7.99. The van der Waals surface area contributed by atoms with E-state index in [-0.39, 0.29) is 0 Å². The van der Waals surface area contributed by atoms with Crippen molar-refractivity contribution in [3.63, 3.8) is 0 Å². The van der Waals surface area contributed by atoms with Crippen LogP contribution in [0.15, 0.2) is 88.7 Å². The molecule has 0 atom stereocenters. The largest absolute Gasteiger partial charge is 0.332 e. The molecule has 0 aliphatic rings. The minimum Gasteiger partial charge on any atom is -0.332 e. The molecule has 0 radical (unpaired) electrons. The lowest BCUT2D eigenvalue weighted by molar-refractivity contribution is 1.14. The zero-order valence-corrected chi connectivity index (χ0v) is 15.7. The summed E-state index contributed by atoms with van der Waals surface area (Å²) in [6, 6.07) is 26.8. The van der Waals surface area contributed by atoms with Gasteiger partial charge >= 0.3 is 0 Å². The molecule has 0 fully saturated rings. The van der Waals surface area contributed by atoms with Crippen LogP contribution >= 0.6 is 24.0 Å². The molecule has 4 heteroatoms. The van der Waals surface area contributed by atoms with Gasteiger partial charge in [-0.1, -0.05) is 67.2 Å². The van der Waals surface area contributed by atoms with Gasteiger partial charge in [0.05, 0.1) is 5.69 Å². The SMILES string of the molecule is CCc1ccccc1NC(=S)Nc1ccccc1Sc1ccccc1. The Morgan fingerprint density at radius 1 is 0.800 bits per heavy atom. The smallest absolute Gasteiger partial charge is 0.175 e. The van der Waals surface area contributed by atoms with Crippen molar-refractivity contribution >= 4 is 40.5 Å². The fraction of sp³-hybridized carbons (Fsp3) is 0.0952. The number of rotatable bonds is 5. The van der Waals surface area contributed by atoms with Gasteiger partial charge in [0.15, 0.2) is 5.11 Å². The molecule has 2 N–H and O–H groups in total. The number of thiocarbonyl (C=S) groups is 1. The van der Waals surface area contributed by atoms with Crippen LogP contribution < -0.4 is 10.6 Å². The van der Waals surface area contributed by atoms with E-state index < -0.39 is 0 Å². The van der Waals surface area contributed by atoms with Crippen molar-refractivity contribution in [2.24, 2.45) is 0 Å². The highest BCUT2D eigenvalue weighted by atomic mass is 32.2. The molecule has 25 heavy (non-hydrogen) atoms. The van der Waals surface area contributed by atoms with E-state index in [4.69, 9.17) is 12.2 Å². The number of nitrogens with one attached hydrogen (secondary N) is 2. The van der Waals surface area contributed by atoms with E-state index in [1.165, 1.54) is 10.5 Å². The van der Waals surface area contributed by atoms with E-state index >= 15 is 0 Å². The van der Waals surface area contributed by atoms with Crippen LogP contribution in [0.25, 0.3) is 0 Å². The maximum atomic E-state index is 5.52. The predicted octanol–water partition coefficient (Wildman–Crippen LogP) is 6.21. The third-order valence-corrected chi connectivity index (χ3v) is 5.04. The second-order valence-corrected chi connectivity index (χ2v) is 7.02. The van der Waals surface area contributed by atoms with Gasteiger partial charge in [0.25, 0.3) is 0 Å². The van der Waals surface area contributed by atoms with E-state index in [9.17, 15) is 0 Å². The number of hydrogen-bond donors (Lipinski definition) is 2. The second-order valence-electron chi connectivity index (χ2n) is 5.50. The Morgan fingerprint density at radius 2 is 1.40 bits per heavy atom. The van der Waals surface area contributed by atoms with Gasteiger partial charge in [-0.05, 0) is 54.5 Å². The topological polar surface area (TPSA) is 24.1 Å². The molecule has 0 spiro atoms. The van der Waals surface area contributed by atoms with Crippen molar-refractivity contribution in [3.05, 3.63) is 84.4 Å². The first-order valence-electron chi connectivity index (χ1n) is 8.24. The van der Waals surface area contributed by atoms with Crippen LogP contribution in [0, 0.1) is 0 Å². The lowest BCUT2D eigenvalue weighted by Crippen LogP contribution is -2.20. The summed E-state index contributed by atoms with van der Waals surface area (Å²) < 4.78 is 0. The molecule has 3 aromatic rings. The number of benzene rings is 3. The van der Waals surface area contributed by atoms with Crippen LogP contribution in [0.3, 0.4) is 0 Å². The average Bonchev–Trinajstić information content (AvgIpc) is 2.64. The Balaban J connectivity index is 1.73. The van der Waals surface area contributed by atoms with Crippen LogP contribution in [-0.2, 0) is 6.42 Å². The molecule has 0 bridgehead atoms. The van der Waals surface area contributed by atoms with Gasteiger partial charge in [-0.15, -0.1) is 0 Å². The molecule has 0 amide bonds. The number of aryl methyl sites for hydroxylation is 1. The zero-order valence-electron chi connectivity index (χ0n) is 14.0. The number of anilines is 2. The Bertz CT molecular complexity index is 847. The van der Waals surface area contributed by atoms with Crippen molar-refractivity contribution in [1.82, 2.24) is 0 Å². The highest BCUT2D eigenvalue weighted by Crippen LogP contribution is 2.33. The van der Waals surface area contributed by atoms with Crippen molar-refractivity contribution in [2.75, 3.05) is 10.6 Å². The minimum absolute atomic E-state index is 0.599. The maximum absolute atomic E-state index is 5.52. The van der Waals surface area contributed by atoms with Gasteiger partial charge < -0.3 is 10.6 Å². The fourth-order valence-corrected chi connectivity index (χ4v) is 3.64. The van der Waals surface area contributed by atoms with Crippen molar-refractivity contribution < 1.29 is 0 Å². The Labute approximate surface area is 158 Å². The third kappa shape index (κ3) is 4.84.